The average Bonchev–Trinajstić information content (AvgIpc) is 2.99. The summed E-state index contributed by atoms with van der Waals surface area (Å²) in [5, 5.41) is 0. The number of carbonyl (C=O) groups excluding carboxylic acids is 4. The second-order valence-corrected chi connectivity index (χ2v) is 5.10. The van der Waals surface area contributed by atoms with E-state index in [0.29, 0.717) is 11.1 Å². The molecule has 0 aromatic heterocycles. The molecule has 1 aliphatic carbocycles. The molecule has 22 heavy (non-hydrogen) atoms. The summed E-state index contributed by atoms with van der Waals surface area (Å²) in [5.41, 5.74) is 0.718. The van der Waals surface area contributed by atoms with Gasteiger partial charge in [-0.05, 0) is 25.0 Å². The van der Waals surface area contributed by atoms with Crippen LogP contribution in [-0.4, -0.2) is 23.9 Å². The molecule has 1 fully saturated rings. The zero-order valence-corrected chi connectivity index (χ0v) is 11.5. The van der Waals surface area contributed by atoms with Crippen molar-refractivity contribution < 1.29 is 28.7 Å². The zero-order valence-electron chi connectivity index (χ0n) is 11.5. The number of carbonyl (C=O) groups is 4. The number of hydrogen-bond donors (Lipinski definition) is 0. The number of ether oxygens (including phenoxy) is 2. The molecule has 0 amide bonds. The lowest BCUT2D eigenvalue weighted by atomic mass is 9.86. The van der Waals surface area contributed by atoms with E-state index < -0.39 is 11.9 Å². The standard InChI is InChI=1S/C8H8O3.C8H4O3/c2*9-7-5-3-1-2-4-6(5)8(10)11-7/h1,3,5-6H,2,4H2;1-4H. The van der Waals surface area contributed by atoms with Crippen LogP contribution in [0.1, 0.15) is 33.6 Å². The maximum Gasteiger partial charge on any atom is 0.346 e. The van der Waals surface area contributed by atoms with Crippen molar-refractivity contribution in [1.29, 1.82) is 0 Å². The van der Waals surface area contributed by atoms with Crippen LogP contribution in [0.3, 0.4) is 0 Å². The fraction of sp³-hybridized carbons (Fsp3) is 0.250. The van der Waals surface area contributed by atoms with Gasteiger partial charge in [-0.25, -0.2) is 9.59 Å². The molecular formula is C16H12O6. The number of cyclic esters (lactones) is 4. The third-order valence-electron chi connectivity index (χ3n) is 3.75. The number of rotatable bonds is 0. The Morgan fingerprint density at radius 1 is 0.864 bits per heavy atom. The van der Waals surface area contributed by atoms with Crippen molar-refractivity contribution in [3.63, 3.8) is 0 Å². The molecule has 4 rings (SSSR count). The van der Waals surface area contributed by atoms with Gasteiger partial charge in [-0.1, -0.05) is 24.3 Å². The van der Waals surface area contributed by atoms with E-state index in [2.05, 4.69) is 9.47 Å². The third kappa shape index (κ3) is 2.43. The van der Waals surface area contributed by atoms with E-state index >= 15 is 0 Å². The summed E-state index contributed by atoms with van der Waals surface area (Å²) in [4.78, 5) is 43.5. The Hall–Kier alpha value is -2.76. The lowest BCUT2D eigenvalue weighted by Gasteiger charge is -2.12. The Bertz CT molecular complexity index is 669. The SMILES string of the molecule is O=C1OC(=O)C2CCC=CC12.O=C1OC(=O)c2ccccc21. The van der Waals surface area contributed by atoms with Crippen LogP contribution in [0.4, 0.5) is 0 Å². The molecule has 0 saturated carbocycles. The van der Waals surface area contributed by atoms with Crippen molar-refractivity contribution in [1.82, 2.24) is 0 Å². The molecule has 6 nitrogen and oxygen atoms in total. The predicted octanol–water partition coefficient (Wildman–Crippen LogP) is 1.65. The van der Waals surface area contributed by atoms with Crippen molar-refractivity contribution in [3.05, 3.63) is 47.5 Å². The first kappa shape index (κ1) is 14.2. The van der Waals surface area contributed by atoms with Crippen molar-refractivity contribution in [2.75, 3.05) is 0 Å². The highest BCUT2D eigenvalue weighted by atomic mass is 16.6. The van der Waals surface area contributed by atoms with E-state index in [1.165, 1.54) is 0 Å². The van der Waals surface area contributed by atoms with Crippen LogP contribution in [0.2, 0.25) is 0 Å². The summed E-state index contributed by atoms with van der Waals surface area (Å²) < 4.78 is 8.83. The van der Waals surface area contributed by atoms with Gasteiger partial charge in [0.2, 0.25) is 0 Å². The van der Waals surface area contributed by atoms with E-state index in [0.717, 1.165) is 12.8 Å². The van der Waals surface area contributed by atoms with E-state index in [1.54, 1.807) is 30.3 Å². The summed E-state index contributed by atoms with van der Waals surface area (Å²) in [7, 11) is 0. The molecule has 112 valence electrons. The maximum atomic E-state index is 10.9. The first-order chi connectivity index (χ1) is 10.6. The predicted molar refractivity (Wildman–Crippen MR) is 72.6 cm³/mol. The Morgan fingerprint density at radius 3 is 2.09 bits per heavy atom. The van der Waals surface area contributed by atoms with Gasteiger partial charge in [-0.15, -0.1) is 0 Å². The molecule has 2 unspecified atom stereocenters. The van der Waals surface area contributed by atoms with Crippen LogP contribution in [0.15, 0.2) is 36.4 Å². The van der Waals surface area contributed by atoms with E-state index in [4.69, 9.17) is 0 Å². The van der Waals surface area contributed by atoms with E-state index in [9.17, 15) is 19.2 Å². The summed E-state index contributed by atoms with van der Waals surface area (Å²) in [5.74, 6) is -2.29. The first-order valence-corrected chi connectivity index (χ1v) is 6.85. The summed E-state index contributed by atoms with van der Waals surface area (Å²) >= 11 is 0. The van der Waals surface area contributed by atoms with Gasteiger partial charge < -0.3 is 9.47 Å². The van der Waals surface area contributed by atoms with Crippen LogP contribution in [0.25, 0.3) is 0 Å². The Morgan fingerprint density at radius 2 is 1.50 bits per heavy atom. The maximum absolute atomic E-state index is 10.9. The molecule has 0 spiro atoms. The molecule has 1 aromatic rings. The molecule has 1 saturated heterocycles. The number of hydrogen-bond acceptors (Lipinski definition) is 6. The minimum atomic E-state index is -0.550. The second kappa shape index (κ2) is 5.55. The Balaban J connectivity index is 0.000000131. The van der Waals surface area contributed by atoms with Crippen molar-refractivity contribution in [2.45, 2.75) is 12.8 Å². The lowest BCUT2D eigenvalue weighted by Crippen LogP contribution is -2.17. The fourth-order valence-electron chi connectivity index (χ4n) is 2.62. The molecular weight excluding hydrogens is 288 g/mol. The van der Waals surface area contributed by atoms with Gasteiger partial charge in [0.1, 0.15) is 0 Å². The van der Waals surface area contributed by atoms with Gasteiger partial charge in [0.15, 0.2) is 0 Å². The Kier molecular flexibility index (Phi) is 3.58. The molecule has 2 heterocycles. The summed E-state index contributed by atoms with van der Waals surface area (Å²) in [6.45, 7) is 0. The number of benzene rings is 1. The smallest absolute Gasteiger partial charge is 0.346 e. The summed E-state index contributed by atoms with van der Waals surface area (Å²) in [6.07, 6.45) is 5.34. The lowest BCUT2D eigenvalue weighted by molar-refractivity contribution is -0.153. The van der Waals surface area contributed by atoms with Crippen molar-refractivity contribution in [2.24, 2.45) is 11.8 Å². The highest BCUT2D eigenvalue weighted by molar-refractivity contribution is 6.14. The zero-order chi connectivity index (χ0) is 15.7. The largest absolute Gasteiger partial charge is 0.392 e. The van der Waals surface area contributed by atoms with Crippen LogP contribution in [-0.2, 0) is 19.1 Å². The quantitative estimate of drug-likeness (QED) is 0.411. The molecule has 6 heteroatoms. The van der Waals surface area contributed by atoms with Crippen LogP contribution < -0.4 is 0 Å². The second-order valence-electron chi connectivity index (χ2n) is 5.10. The van der Waals surface area contributed by atoms with Crippen LogP contribution in [0, 0.1) is 11.8 Å². The number of esters is 4. The van der Waals surface area contributed by atoms with Crippen molar-refractivity contribution >= 4 is 23.9 Å². The fourth-order valence-corrected chi connectivity index (χ4v) is 2.62. The average molecular weight is 300 g/mol. The van der Waals surface area contributed by atoms with Crippen LogP contribution >= 0.6 is 0 Å². The van der Waals surface area contributed by atoms with E-state index in [1.807, 2.05) is 6.08 Å². The molecule has 2 aliphatic heterocycles. The first-order valence-electron chi connectivity index (χ1n) is 6.85. The van der Waals surface area contributed by atoms with Gasteiger partial charge in [0, 0.05) is 0 Å². The highest BCUT2D eigenvalue weighted by Crippen LogP contribution is 2.32. The van der Waals surface area contributed by atoms with Gasteiger partial charge >= 0.3 is 23.9 Å². The van der Waals surface area contributed by atoms with Gasteiger partial charge in [-0.3, -0.25) is 9.59 Å². The normalized spacial score (nSPS) is 24.9. The van der Waals surface area contributed by atoms with Gasteiger partial charge in [0.25, 0.3) is 0 Å². The number of allylic oxidation sites excluding steroid dienone is 1. The molecule has 0 bridgehead atoms. The monoisotopic (exact) mass is 300 g/mol. The minimum absolute atomic E-state index is 0.188. The molecule has 2 atom stereocenters. The topological polar surface area (TPSA) is 86.7 Å². The molecule has 0 radical (unpaired) electrons. The van der Waals surface area contributed by atoms with Crippen molar-refractivity contribution in [3.8, 4) is 0 Å². The van der Waals surface area contributed by atoms with Gasteiger partial charge in [-0.2, -0.15) is 0 Å². The minimum Gasteiger partial charge on any atom is -0.392 e. The third-order valence-corrected chi connectivity index (χ3v) is 3.75. The van der Waals surface area contributed by atoms with Gasteiger partial charge in [0.05, 0.1) is 23.0 Å². The molecule has 3 aliphatic rings. The molecule has 1 aromatic carbocycles. The van der Waals surface area contributed by atoms with E-state index in [-0.39, 0.29) is 23.8 Å². The molecule has 0 N–H and O–H groups in total. The highest BCUT2D eigenvalue weighted by Gasteiger charge is 2.43. The summed E-state index contributed by atoms with van der Waals surface area (Å²) in [6, 6.07) is 6.53. The van der Waals surface area contributed by atoms with Crippen LogP contribution in [0.5, 0.6) is 0 Å². The number of fused-ring (bicyclic) bond motifs is 2. The Labute approximate surface area is 125 Å².